The molecular formula is C15H21ClO2. The number of hydrogen-bond acceptors (Lipinski definition) is 2. The van der Waals surface area contributed by atoms with Gasteiger partial charge in [0.2, 0.25) is 0 Å². The van der Waals surface area contributed by atoms with Crippen LogP contribution in [0.4, 0.5) is 0 Å². The summed E-state index contributed by atoms with van der Waals surface area (Å²) in [6.07, 6.45) is 5.10. The minimum Gasteiger partial charge on any atom is -0.462 e. The van der Waals surface area contributed by atoms with Crippen LogP contribution in [0.25, 0.3) is 0 Å². The minimum absolute atomic E-state index is 0. The number of carbonyl (C=O) groups excluding carboxylic acids is 1. The first-order valence-electron chi connectivity index (χ1n) is 6.55. The Hall–Kier alpha value is -1.02. The van der Waals surface area contributed by atoms with E-state index in [9.17, 15) is 4.79 Å². The Morgan fingerprint density at radius 2 is 1.89 bits per heavy atom. The summed E-state index contributed by atoms with van der Waals surface area (Å²) >= 11 is 0. The van der Waals surface area contributed by atoms with Gasteiger partial charge >= 0.3 is 5.97 Å². The van der Waals surface area contributed by atoms with Gasteiger partial charge in [0.05, 0.1) is 0 Å². The van der Waals surface area contributed by atoms with Crippen LogP contribution in [0.5, 0.6) is 0 Å². The molecule has 18 heavy (non-hydrogen) atoms. The van der Waals surface area contributed by atoms with Crippen LogP contribution in [-0.4, -0.2) is 12.1 Å². The topological polar surface area (TPSA) is 26.3 Å². The number of carbonyl (C=O) groups is 1. The summed E-state index contributed by atoms with van der Waals surface area (Å²) in [6.45, 7) is 1.85. The smallest absolute Gasteiger partial charge is 0.305 e. The molecule has 0 amide bonds. The SMILES string of the molecule is CCC(=O)O[C@@H]1CCCC[C@H]1c1ccccc1.Cl. The second-order valence-corrected chi connectivity index (χ2v) is 4.68. The molecule has 0 N–H and O–H groups in total. The van der Waals surface area contributed by atoms with E-state index in [0.717, 1.165) is 12.8 Å². The fourth-order valence-corrected chi connectivity index (χ4v) is 2.57. The highest BCUT2D eigenvalue weighted by Crippen LogP contribution is 2.35. The summed E-state index contributed by atoms with van der Waals surface area (Å²) in [5.74, 6) is 0.318. The molecular weight excluding hydrogens is 248 g/mol. The molecule has 1 saturated carbocycles. The van der Waals surface area contributed by atoms with Crippen molar-refractivity contribution in [2.24, 2.45) is 0 Å². The molecule has 0 aliphatic heterocycles. The number of halogens is 1. The molecule has 0 saturated heterocycles. The van der Waals surface area contributed by atoms with E-state index in [-0.39, 0.29) is 24.5 Å². The van der Waals surface area contributed by atoms with E-state index in [2.05, 4.69) is 24.3 Å². The van der Waals surface area contributed by atoms with Gasteiger partial charge in [0.1, 0.15) is 6.10 Å². The van der Waals surface area contributed by atoms with Crippen LogP contribution in [0, 0.1) is 0 Å². The molecule has 0 radical (unpaired) electrons. The summed E-state index contributed by atoms with van der Waals surface area (Å²) in [5.41, 5.74) is 1.31. The standard InChI is InChI=1S/C15H20O2.ClH/c1-2-15(16)17-14-11-7-6-10-13(14)12-8-4-3-5-9-12;/h3-5,8-9,13-14H,2,6-7,10-11H2,1H3;1H/t13-,14+;/m0./s1. The van der Waals surface area contributed by atoms with Gasteiger partial charge in [-0.05, 0) is 24.8 Å². The fraction of sp³-hybridized carbons (Fsp3) is 0.533. The number of benzene rings is 1. The van der Waals surface area contributed by atoms with Crippen LogP contribution in [0.1, 0.15) is 50.5 Å². The number of rotatable bonds is 3. The zero-order valence-electron chi connectivity index (χ0n) is 10.8. The molecule has 2 atom stereocenters. The van der Waals surface area contributed by atoms with Gasteiger partial charge in [-0.1, -0.05) is 43.7 Å². The predicted molar refractivity (Wildman–Crippen MR) is 75.1 cm³/mol. The van der Waals surface area contributed by atoms with E-state index < -0.39 is 0 Å². The Labute approximate surface area is 115 Å². The molecule has 1 aromatic carbocycles. The maximum Gasteiger partial charge on any atom is 0.305 e. The van der Waals surface area contributed by atoms with E-state index in [0.29, 0.717) is 12.3 Å². The van der Waals surface area contributed by atoms with Gasteiger partial charge < -0.3 is 4.74 Å². The second kappa shape index (κ2) is 7.42. The highest BCUT2D eigenvalue weighted by atomic mass is 35.5. The van der Waals surface area contributed by atoms with Gasteiger partial charge in [-0.25, -0.2) is 0 Å². The van der Waals surface area contributed by atoms with Gasteiger partial charge in [0.25, 0.3) is 0 Å². The fourth-order valence-electron chi connectivity index (χ4n) is 2.57. The van der Waals surface area contributed by atoms with Crippen LogP contribution in [0.15, 0.2) is 30.3 Å². The number of hydrogen-bond donors (Lipinski definition) is 0. The summed E-state index contributed by atoms with van der Waals surface area (Å²) in [6, 6.07) is 10.4. The van der Waals surface area contributed by atoms with Crippen molar-refractivity contribution in [3.8, 4) is 0 Å². The molecule has 1 aromatic rings. The highest BCUT2D eigenvalue weighted by molar-refractivity contribution is 5.85. The minimum atomic E-state index is -0.0715. The molecule has 2 rings (SSSR count). The average Bonchev–Trinajstić information content (AvgIpc) is 2.40. The van der Waals surface area contributed by atoms with E-state index in [1.165, 1.54) is 18.4 Å². The van der Waals surface area contributed by atoms with Crippen molar-refractivity contribution < 1.29 is 9.53 Å². The van der Waals surface area contributed by atoms with Crippen LogP contribution < -0.4 is 0 Å². The highest BCUT2D eigenvalue weighted by Gasteiger charge is 2.28. The number of ether oxygens (including phenoxy) is 1. The monoisotopic (exact) mass is 268 g/mol. The van der Waals surface area contributed by atoms with E-state index in [1.54, 1.807) is 0 Å². The molecule has 0 spiro atoms. The van der Waals surface area contributed by atoms with Gasteiger partial charge in [0, 0.05) is 12.3 Å². The summed E-state index contributed by atoms with van der Waals surface area (Å²) in [5, 5.41) is 0. The lowest BCUT2D eigenvalue weighted by molar-refractivity contribution is -0.151. The first kappa shape index (κ1) is 15.0. The van der Waals surface area contributed by atoms with E-state index in [1.807, 2.05) is 13.0 Å². The van der Waals surface area contributed by atoms with Crippen molar-refractivity contribution in [1.29, 1.82) is 0 Å². The van der Waals surface area contributed by atoms with Crippen molar-refractivity contribution in [3.05, 3.63) is 35.9 Å². The quantitative estimate of drug-likeness (QED) is 0.772. The van der Waals surface area contributed by atoms with Crippen LogP contribution in [0.3, 0.4) is 0 Å². The normalized spacial score (nSPS) is 22.9. The molecule has 0 unspecified atom stereocenters. The molecule has 2 nitrogen and oxygen atoms in total. The Kier molecular flexibility index (Phi) is 6.20. The molecule has 0 heterocycles. The first-order chi connectivity index (χ1) is 8.31. The van der Waals surface area contributed by atoms with Crippen molar-refractivity contribution in [1.82, 2.24) is 0 Å². The average molecular weight is 269 g/mol. The van der Waals surface area contributed by atoms with Gasteiger partial charge in [-0.15, -0.1) is 12.4 Å². The van der Waals surface area contributed by atoms with E-state index >= 15 is 0 Å². The molecule has 100 valence electrons. The Balaban J connectivity index is 0.00000162. The van der Waals surface area contributed by atoms with Crippen LogP contribution >= 0.6 is 12.4 Å². The largest absolute Gasteiger partial charge is 0.462 e. The lowest BCUT2D eigenvalue weighted by Crippen LogP contribution is -2.28. The summed E-state index contributed by atoms with van der Waals surface area (Å²) in [4.78, 5) is 11.4. The molecule has 0 bridgehead atoms. The predicted octanol–water partition coefficient (Wildman–Crippen LogP) is 4.09. The van der Waals surface area contributed by atoms with Crippen molar-refractivity contribution in [2.45, 2.75) is 51.0 Å². The van der Waals surface area contributed by atoms with Crippen molar-refractivity contribution >= 4 is 18.4 Å². The summed E-state index contributed by atoms with van der Waals surface area (Å²) in [7, 11) is 0. The second-order valence-electron chi connectivity index (χ2n) is 4.68. The van der Waals surface area contributed by atoms with Gasteiger partial charge in [-0.2, -0.15) is 0 Å². The molecule has 1 aliphatic rings. The van der Waals surface area contributed by atoms with Crippen LogP contribution in [0.2, 0.25) is 0 Å². The lowest BCUT2D eigenvalue weighted by Gasteiger charge is -2.31. The molecule has 0 aromatic heterocycles. The Morgan fingerprint density at radius 3 is 2.56 bits per heavy atom. The summed E-state index contributed by atoms with van der Waals surface area (Å²) < 4.78 is 5.57. The van der Waals surface area contributed by atoms with Gasteiger partial charge in [-0.3, -0.25) is 4.79 Å². The third kappa shape index (κ3) is 3.74. The molecule has 3 heteroatoms. The maximum atomic E-state index is 11.4. The van der Waals surface area contributed by atoms with E-state index in [4.69, 9.17) is 4.74 Å². The maximum absolute atomic E-state index is 11.4. The molecule has 1 aliphatic carbocycles. The lowest BCUT2D eigenvalue weighted by atomic mass is 9.81. The Bertz CT molecular complexity index is 364. The van der Waals surface area contributed by atoms with Crippen molar-refractivity contribution in [3.63, 3.8) is 0 Å². The number of esters is 1. The third-order valence-electron chi connectivity index (χ3n) is 3.50. The first-order valence-corrected chi connectivity index (χ1v) is 6.55. The third-order valence-corrected chi connectivity index (χ3v) is 3.50. The van der Waals surface area contributed by atoms with Crippen LogP contribution in [-0.2, 0) is 9.53 Å². The van der Waals surface area contributed by atoms with Gasteiger partial charge in [0.15, 0.2) is 0 Å². The zero-order valence-corrected chi connectivity index (χ0v) is 11.6. The zero-order chi connectivity index (χ0) is 12.1. The Morgan fingerprint density at radius 1 is 1.22 bits per heavy atom. The molecule has 1 fully saturated rings. The van der Waals surface area contributed by atoms with Crippen molar-refractivity contribution in [2.75, 3.05) is 0 Å².